The number of aliphatic imine (C=N–C) groups is 3. The van der Waals surface area contributed by atoms with Gasteiger partial charge in [0.25, 0.3) is 11.5 Å². The van der Waals surface area contributed by atoms with Gasteiger partial charge in [0, 0.05) is 14.1 Å². The number of hydrogen-bond donors (Lipinski definition) is 2. The van der Waals surface area contributed by atoms with Gasteiger partial charge in [0.05, 0.1) is 6.33 Å². The number of aromatic nitrogens is 4. The molecule has 4 rings (SSSR count). The van der Waals surface area contributed by atoms with E-state index in [0.717, 1.165) is 9.47 Å². The van der Waals surface area contributed by atoms with E-state index in [1.807, 2.05) is 0 Å². The van der Waals surface area contributed by atoms with Crippen LogP contribution in [0.3, 0.4) is 0 Å². The van der Waals surface area contributed by atoms with Crippen LogP contribution in [0.15, 0.2) is 30.9 Å². The third-order valence-corrected chi connectivity index (χ3v) is 3.26. The molecular formula is C12H10N8O4. The molecule has 122 valence electrons. The van der Waals surface area contributed by atoms with Gasteiger partial charge in [-0.1, -0.05) is 0 Å². The van der Waals surface area contributed by atoms with Crippen LogP contribution in [-0.2, 0) is 11.8 Å². The molecule has 0 unspecified atom stereocenters. The first kappa shape index (κ1) is 15.2. The highest BCUT2D eigenvalue weighted by Crippen LogP contribution is 2.07. The summed E-state index contributed by atoms with van der Waals surface area (Å²) >= 11 is 0. The van der Waals surface area contributed by atoms with E-state index < -0.39 is 17.6 Å². The molecule has 24 heavy (non-hydrogen) atoms. The number of rotatable bonds is 0. The number of aromatic amines is 2. The van der Waals surface area contributed by atoms with Crippen LogP contribution in [0, 0.1) is 0 Å². The minimum Gasteiger partial charge on any atom is -0.339 e. The highest BCUT2D eigenvalue weighted by Gasteiger charge is 2.32. The second kappa shape index (κ2) is 5.49. The summed E-state index contributed by atoms with van der Waals surface area (Å²) < 4.78 is 0.987. The SMILES string of the molecule is CN1C(=O)N=C2N=CN=C2C1=O.Cn1c(=O)[nH]c2nc[nH]c2c1=O. The van der Waals surface area contributed by atoms with Crippen molar-refractivity contribution in [3.05, 3.63) is 27.2 Å². The first-order valence-electron chi connectivity index (χ1n) is 6.54. The van der Waals surface area contributed by atoms with E-state index in [1.54, 1.807) is 0 Å². The van der Waals surface area contributed by atoms with Gasteiger partial charge in [0.2, 0.25) is 0 Å². The summed E-state index contributed by atoms with van der Waals surface area (Å²) in [6, 6.07) is -0.604. The number of H-pyrrole nitrogens is 2. The van der Waals surface area contributed by atoms with Gasteiger partial charge in [0.15, 0.2) is 17.2 Å². The van der Waals surface area contributed by atoms with Crippen molar-refractivity contribution in [2.45, 2.75) is 0 Å². The van der Waals surface area contributed by atoms with Crippen molar-refractivity contribution < 1.29 is 9.59 Å². The van der Waals surface area contributed by atoms with Crippen LogP contribution in [0.4, 0.5) is 4.79 Å². The quantitative estimate of drug-likeness (QED) is 0.595. The van der Waals surface area contributed by atoms with E-state index in [1.165, 1.54) is 26.8 Å². The lowest BCUT2D eigenvalue weighted by Gasteiger charge is -2.15. The molecule has 4 heterocycles. The number of amides is 3. The second-order valence-corrected chi connectivity index (χ2v) is 4.72. The van der Waals surface area contributed by atoms with Gasteiger partial charge in [-0.25, -0.2) is 24.6 Å². The summed E-state index contributed by atoms with van der Waals surface area (Å²) in [5.74, 6) is -0.342. The summed E-state index contributed by atoms with van der Waals surface area (Å²) in [7, 11) is 2.76. The predicted octanol–water partition coefficient (Wildman–Crippen LogP) is -1.59. The molecule has 0 atom stereocenters. The van der Waals surface area contributed by atoms with Crippen molar-refractivity contribution >= 4 is 41.0 Å². The maximum Gasteiger partial charge on any atom is 0.352 e. The fourth-order valence-corrected chi connectivity index (χ4v) is 1.90. The molecule has 0 aromatic carbocycles. The standard InChI is InChI=1S/C6H6N4O2.C6H4N4O2/c2*1-10-5(11)3-4(8-2-7-3)9-6(10)12/h2H,1H3,(H,7,8)(H,9,12);2H,1H3. The van der Waals surface area contributed by atoms with Gasteiger partial charge < -0.3 is 4.98 Å². The van der Waals surface area contributed by atoms with Gasteiger partial charge >= 0.3 is 11.7 Å². The zero-order valence-corrected chi connectivity index (χ0v) is 12.5. The van der Waals surface area contributed by atoms with E-state index in [0.29, 0.717) is 11.2 Å². The number of imide groups is 1. The van der Waals surface area contributed by atoms with Crippen molar-refractivity contribution in [3.63, 3.8) is 0 Å². The van der Waals surface area contributed by atoms with Crippen molar-refractivity contribution in [1.82, 2.24) is 24.4 Å². The molecule has 0 spiro atoms. The average molecular weight is 330 g/mol. The fourth-order valence-electron chi connectivity index (χ4n) is 1.90. The number of nitrogens with one attached hydrogen (secondary N) is 2. The van der Waals surface area contributed by atoms with E-state index in [4.69, 9.17) is 0 Å². The molecule has 2 aromatic rings. The largest absolute Gasteiger partial charge is 0.352 e. The lowest BCUT2D eigenvalue weighted by molar-refractivity contribution is -0.120. The van der Waals surface area contributed by atoms with Gasteiger partial charge in [-0.05, 0) is 0 Å². The Morgan fingerprint density at radius 1 is 1.12 bits per heavy atom. The summed E-state index contributed by atoms with van der Waals surface area (Å²) in [5, 5.41) is 0. The fraction of sp³-hybridized carbons (Fsp3) is 0.167. The Labute approximate surface area is 132 Å². The molecule has 0 aliphatic carbocycles. The normalized spacial score (nSPS) is 15.8. The van der Waals surface area contributed by atoms with Gasteiger partial charge in [-0.2, -0.15) is 4.99 Å². The third kappa shape index (κ3) is 2.35. The van der Waals surface area contributed by atoms with Crippen molar-refractivity contribution in [1.29, 1.82) is 0 Å². The first-order chi connectivity index (χ1) is 11.4. The molecule has 12 heteroatoms. The maximum atomic E-state index is 11.3. The number of amidine groups is 1. The van der Waals surface area contributed by atoms with Crippen molar-refractivity contribution in [2.24, 2.45) is 22.0 Å². The van der Waals surface area contributed by atoms with Crippen LogP contribution in [0.25, 0.3) is 11.2 Å². The van der Waals surface area contributed by atoms with Crippen LogP contribution < -0.4 is 11.2 Å². The molecule has 0 radical (unpaired) electrons. The molecule has 2 N–H and O–H groups in total. The van der Waals surface area contributed by atoms with Crippen molar-refractivity contribution in [2.75, 3.05) is 7.05 Å². The van der Waals surface area contributed by atoms with Gasteiger partial charge in [0.1, 0.15) is 11.9 Å². The second-order valence-electron chi connectivity index (χ2n) is 4.72. The van der Waals surface area contributed by atoms with E-state index in [-0.39, 0.29) is 17.1 Å². The van der Waals surface area contributed by atoms with Gasteiger partial charge in [-0.3, -0.25) is 24.0 Å². The predicted molar refractivity (Wildman–Crippen MR) is 83.5 cm³/mol. The van der Waals surface area contributed by atoms with Crippen LogP contribution >= 0.6 is 0 Å². The highest BCUT2D eigenvalue weighted by molar-refractivity contribution is 6.71. The smallest absolute Gasteiger partial charge is 0.339 e. The number of imidazole rings is 1. The Kier molecular flexibility index (Phi) is 3.48. The zero-order valence-electron chi connectivity index (χ0n) is 12.5. The molecule has 0 saturated carbocycles. The average Bonchev–Trinajstić information content (AvgIpc) is 3.20. The third-order valence-electron chi connectivity index (χ3n) is 3.26. The van der Waals surface area contributed by atoms with Gasteiger partial charge in [-0.15, -0.1) is 0 Å². The number of carbonyl (C=O) groups is 2. The molecule has 2 aromatic heterocycles. The maximum absolute atomic E-state index is 11.3. The molecule has 2 aliphatic heterocycles. The number of nitrogens with zero attached hydrogens (tertiary/aromatic N) is 6. The lowest BCUT2D eigenvalue weighted by atomic mass is 10.3. The number of carbonyl (C=O) groups excluding carboxylic acids is 2. The molecule has 0 saturated heterocycles. The number of hydrogen-bond acceptors (Lipinski definition) is 7. The van der Waals surface area contributed by atoms with Crippen LogP contribution in [0.2, 0.25) is 0 Å². The van der Waals surface area contributed by atoms with E-state index in [9.17, 15) is 19.2 Å². The molecule has 12 nitrogen and oxygen atoms in total. The monoisotopic (exact) mass is 330 g/mol. The Balaban J connectivity index is 0.000000141. The van der Waals surface area contributed by atoms with E-state index in [2.05, 4.69) is 29.9 Å². The molecule has 2 aliphatic rings. The molecule has 0 bridgehead atoms. The Morgan fingerprint density at radius 3 is 2.62 bits per heavy atom. The van der Waals surface area contributed by atoms with Crippen molar-refractivity contribution in [3.8, 4) is 0 Å². The van der Waals surface area contributed by atoms with E-state index >= 15 is 0 Å². The van der Waals surface area contributed by atoms with Crippen LogP contribution in [-0.4, -0.2) is 61.3 Å². The highest BCUT2D eigenvalue weighted by atomic mass is 16.2. The number of urea groups is 1. The molecule has 3 amide bonds. The number of fused-ring (bicyclic) bond motifs is 2. The zero-order chi connectivity index (χ0) is 17.4. The minimum absolute atomic E-state index is 0.114. The lowest BCUT2D eigenvalue weighted by Crippen LogP contribution is -2.43. The Hall–Kier alpha value is -3.70. The first-order valence-corrected chi connectivity index (χ1v) is 6.54. The van der Waals surface area contributed by atoms with Crippen LogP contribution in [0.5, 0.6) is 0 Å². The van der Waals surface area contributed by atoms with Crippen LogP contribution in [0.1, 0.15) is 0 Å². The summed E-state index contributed by atoms with van der Waals surface area (Å²) in [4.78, 5) is 65.0. The molecular weight excluding hydrogens is 320 g/mol. The summed E-state index contributed by atoms with van der Waals surface area (Å²) in [6.07, 6.45) is 2.57. The Bertz CT molecular complexity index is 1070. The Morgan fingerprint density at radius 2 is 1.88 bits per heavy atom. The summed E-state index contributed by atoms with van der Waals surface area (Å²) in [5.41, 5.74) is -0.0804. The molecule has 0 fully saturated rings. The topological polar surface area (TPSA) is 158 Å². The minimum atomic E-state index is -0.604. The summed E-state index contributed by atoms with van der Waals surface area (Å²) in [6.45, 7) is 0.